The van der Waals surface area contributed by atoms with Crippen molar-refractivity contribution in [3.05, 3.63) is 22.8 Å². The Bertz CT molecular complexity index is 388. The number of carbonyl (C=O) groups excluding carboxylic acids is 1. The molecule has 0 bridgehead atoms. The smallest absolute Gasteiger partial charge is 0.251 e. The monoisotopic (exact) mass is 256 g/mol. The maximum atomic E-state index is 11.9. The number of halogens is 1. The minimum absolute atomic E-state index is 0.0469. The van der Waals surface area contributed by atoms with Gasteiger partial charge in [0.05, 0.1) is 0 Å². The summed E-state index contributed by atoms with van der Waals surface area (Å²) in [5.74, 6) is 0.0401. The molecule has 0 fully saturated rings. The van der Waals surface area contributed by atoms with Gasteiger partial charge in [-0.3, -0.25) is 4.79 Å². The summed E-state index contributed by atoms with van der Waals surface area (Å²) in [6, 6.07) is 3.05. The number of nitrogens with one attached hydrogen (secondary N) is 1. The van der Waals surface area contributed by atoms with E-state index in [0.29, 0.717) is 5.56 Å². The lowest BCUT2D eigenvalue weighted by Gasteiger charge is -2.18. The summed E-state index contributed by atoms with van der Waals surface area (Å²) in [7, 11) is 3.90. The van der Waals surface area contributed by atoms with Crippen LogP contribution in [0.2, 0.25) is 5.15 Å². The number of rotatable bonds is 4. The molecule has 1 amide bonds. The highest BCUT2D eigenvalue weighted by atomic mass is 35.5. The van der Waals surface area contributed by atoms with Gasteiger partial charge in [-0.2, -0.15) is 0 Å². The molecule has 1 atom stereocenters. The van der Waals surface area contributed by atoms with Crippen LogP contribution >= 0.6 is 11.6 Å². The second-order valence-corrected chi connectivity index (χ2v) is 4.63. The molecular weight excluding hydrogens is 240 g/mol. The van der Waals surface area contributed by atoms with Gasteiger partial charge in [0.1, 0.15) is 11.0 Å². The first kappa shape index (κ1) is 13.7. The molecule has 1 heterocycles. The number of anilines is 1. The quantitative estimate of drug-likeness (QED) is 0.789. The largest absolute Gasteiger partial charge is 0.384 e. The molecule has 0 spiro atoms. The highest BCUT2D eigenvalue weighted by molar-refractivity contribution is 6.29. The molecule has 0 aliphatic heterocycles. The van der Waals surface area contributed by atoms with E-state index < -0.39 is 0 Å². The maximum absolute atomic E-state index is 11.9. The lowest BCUT2D eigenvalue weighted by molar-refractivity contribution is 0.0934. The van der Waals surface area contributed by atoms with E-state index in [1.807, 2.05) is 25.9 Å². The van der Waals surface area contributed by atoms with Crippen LogP contribution < -0.4 is 11.1 Å². The third-order valence-electron chi connectivity index (χ3n) is 2.09. The Labute approximate surface area is 106 Å². The van der Waals surface area contributed by atoms with E-state index in [-0.39, 0.29) is 22.9 Å². The van der Waals surface area contributed by atoms with Crippen molar-refractivity contribution >= 4 is 23.3 Å². The van der Waals surface area contributed by atoms with Crippen LogP contribution in [0.4, 0.5) is 5.82 Å². The van der Waals surface area contributed by atoms with Gasteiger partial charge in [-0.15, -0.1) is 0 Å². The molecule has 0 aliphatic carbocycles. The predicted octanol–water partition coefficient (Wildman–Crippen LogP) is 0.997. The fraction of sp³-hybridized carbons (Fsp3) is 0.455. The Morgan fingerprint density at radius 2 is 2.24 bits per heavy atom. The van der Waals surface area contributed by atoms with Crippen LogP contribution in [0.5, 0.6) is 0 Å². The van der Waals surface area contributed by atoms with E-state index in [4.69, 9.17) is 17.3 Å². The lowest BCUT2D eigenvalue weighted by Crippen LogP contribution is -2.39. The van der Waals surface area contributed by atoms with Crippen LogP contribution in [-0.4, -0.2) is 42.5 Å². The Morgan fingerprint density at radius 3 is 2.76 bits per heavy atom. The van der Waals surface area contributed by atoms with Gasteiger partial charge >= 0.3 is 0 Å². The zero-order valence-electron chi connectivity index (χ0n) is 10.2. The standard InChI is InChI=1S/C11H17ClN4O/c1-7(6-16(2)3)14-11(17)8-4-9(12)15-10(13)5-8/h4-5,7H,6H2,1-3H3,(H2,13,15)(H,14,17). The van der Waals surface area contributed by atoms with E-state index in [1.165, 1.54) is 12.1 Å². The Hall–Kier alpha value is -1.33. The fourth-order valence-electron chi connectivity index (χ4n) is 1.55. The Morgan fingerprint density at radius 1 is 1.59 bits per heavy atom. The van der Waals surface area contributed by atoms with Gasteiger partial charge in [0, 0.05) is 18.2 Å². The molecule has 17 heavy (non-hydrogen) atoms. The van der Waals surface area contributed by atoms with Gasteiger partial charge in [0.15, 0.2) is 0 Å². The summed E-state index contributed by atoms with van der Waals surface area (Å²) in [6.07, 6.45) is 0. The van der Waals surface area contributed by atoms with Crippen molar-refractivity contribution in [3.63, 3.8) is 0 Å². The molecule has 3 N–H and O–H groups in total. The van der Waals surface area contributed by atoms with Gasteiger partial charge in [0.2, 0.25) is 0 Å². The summed E-state index contributed by atoms with van der Waals surface area (Å²) in [6.45, 7) is 2.70. The number of pyridine rings is 1. The summed E-state index contributed by atoms with van der Waals surface area (Å²) in [5.41, 5.74) is 5.95. The third kappa shape index (κ3) is 4.58. The van der Waals surface area contributed by atoms with E-state index in [9.17, 15) is 4.79 Å². The first-order valence-corrected chi connectivity index (χ1v) is 5.65. The molecule has 0 aliphatic rings. The maximum Gasteiger partial charge on any atom is 0.251 e. The summed E-state index contributed by atoms with van der Waals surface area (Å²) < 4.78 is 0. The van der Waals surface area contributed by atoms with Crippen molar-refractivity contribution in [3.8, 4) is 0 Å². The SMILES string of the molecule is CC(CN(C)C)NC(=O)c1cc(N)nc(Cl)c1. The number of hydrogen-bond donors (Lipinski definition) is 2. The first-order valence-electron chi connectivity index (χ1n) is 5.27. The van der Waals surface area contributed by atoms with Crippen LogP contribution in [0.1, 0.15) is 17.3 Å². The van der Waals surface area contributed by atoms with Crippen LogP contribution in [0.15, 0.2) is 12.1 Å². The van der Waals surface area contributed by atoms with Crippen LogP contribution in [0.25, 0.3) is 0 Å². The minimum atomic E-state index is -0.199. The summed E-state index contributed by atoms with van der Waals surface area (Å²) >= 11 is 5.74. The zero-order chi connectivity index (χ0) is 13.0. The number of nitrogens with two attached hydrogens (primary N) is 1. The van der Waals surface area contributed by atoms with Crippen molar-refractivity contribution in [1.82, 2.24) is 15.2 Å². The predicted molar refractivity (Wildman–Crippen MR) is 69.1 cm³/mol. The molecule has 0 saturated carbocycles. The van der Waals surface area contributed by atoms with E-state index in [2.05, 4.69) is 10.3 Å². The number of hydrogen-bond acceptors (Lipinski definition) is 4. The van der Waals surface area contributed by atoms with Crippen molar-refractivity contribution in [1.29, 1.82) is 0 Å². The van der Waals surface area contributed by atoms with Gasteiger partial charge in [-0.25, -0.2) is 4.98 Å². The van der Waals surface area contributed by atoms with Gasteiger partial charge in [-0.05, 0) is 33.2 Å². The van der Waals surface area contributed by atoms with Gasteiger partial charge in [0.25, 0.3) is 5.91 Å². The molecule has 1 aromatic heterocycles. The molecular formula is C11H17ClN4O. The Kier molecular flexibility index (Phi) is 4.72. The number of aromatic nitrogens is 1. The average molecular weight is 257 g/mol. The number of amides is 1. The van der Waals surface area contributed by atoms with Crippen molar-refractivity contribution in [2.24, 2.45) is 0 Å². The topological polar surface area (TPSA) is 71.2 Å². The highest BCUT2D eigenvalue weighted by Gasteiger charge is 2.11. The first-order chi connectivity index (χ1) is 7.88. The minimum Gasteiger partial charge on any atom is -0.384 e. The van der Waals surface area contributed by atoms with E-state index >= 15 is 0 Å². The average Bonchev–Trinajstić information content (AvgIpc) is 2.14. The second-order valence-electron chi connectivity index (χ2n) is 4.24. The third-order valence-corrected chi connectivity index (χ3v) is 2.29. The normalized spacial score (nSPS) is 12.5. The number of nitrogens with zero attached hydrogens (tertiary/aromatic N) is 2. The van der Waals surface area contributed by atoms with Crippen molar-refractivity contribution in [2.75, 3.05) is 26.4 Å². The fourth-order valence-corrected chi connectivity index (χ4v) is 1.76. The van der Waals surface area contributed by atoms with Crippen LogP contribution in [0.3, 0.4) is 0 Å². The molecule has 0 saturated heterocycles. The molecule has 0 radical (unpaired) electrons. The molecule has 1 rings (SSSR count). The summed E-state index contributed by atoms with van der Waals surface area (Å²) in [5, 5.41) is 3.08. The zero-order valence-corrected chi connectivity index (χ0v) is 11.0. The summed E-state index contributed by atoms with van der Waals surface area (Å²) in [4.78, 5) is 17.7. The van der Waals surface area contributed by atoms with E-state index in [0.717, 1.165) is 6.54 Å². The van der Waals surface area contributed by atoms with Crippen molar-refractivity contribution in [2.45, 2.75) is 13.0 Å². The van der Waals surface area contributed by atoms with E-state index in [1.54, 1.807) is 0 Å². The lowest BCUT2D eigenvalue weighted by atomic mass is 10.2. The van der Waals surface area contributed by atoms with Crippen LogP contribution in [0, 0.1) is 0 Å². The van der Waals surface area contributed by atoms with Gasteiger partial charge in [-0.1, -0.05) is 11.6 Å². The molecule has 0 aromatic carbocycles. The number of nitrogen functional groups attached to an aromatic ring is 1. The molecule has 94 valence electrons. The molecule has 1 aromatic rings. The Balaban J connectivity index is 2.69. The number of likely N-dealkylation sites (N-methyl/N-ethyl adjacent to an activating group) is 1. The molecule has 5 nitrogen and oxygen atoms in total. The second kappa shape index (κ2) is 5.84. The van der Waals surface area contributed by atoms with Gasteiger partial charge < -0.3 is 16.0 Å². The van der Waals surface area contributed by atoms with Crippen molar-refractivity contribution < 1.29 is 4.79 Å². The molecule has 6 heteroatoms. The molecule has 1 unspecified atom stereocenters. The highest BCUT2D eigenvalue weighted by Crippen LogP contribution is 2.12. The number of carbonyl (C=O) groups is 1. The van der Waals surface area contributed by atoms with Crippen LogP contribution in [-0.2, 0) is 0 Å².